The van der Waals surface area contributed by atoms with Crippen molar-refractivity contribution in [3.8, 4) is 11.4 Å². The summed E-state index contributed by atoms with van der Waals surface area (Å²) < 4.78 is 12.1. The SMILES string of the molecule is CC(C)OC/C=C/C(=O)CCC(=O)N1CCN(Cc2cc3nc(-c4cccc5[nH]ncc45)nc(N4CCOCC4)c3s2)CC1. The molecular formula is C32H39N7O4S. The van der Waals surface area contributed by atoms with Gasteiger partial charge in [0, 0.05) is 74.5 Å². The maximum Gasteiger partial charge on any atom is 0.223 e. The number of ether oxygens (including phenoxy) is 2. The van der Waals surface area contributed by atoms with Crippen molar-refractivity contribution in [2.75, 3.05) is 64.0 Å². The highest BCUT2D eigenvalue weighted by molar-refractivity contribution is 7.19. The minimum atomic E-state index is -0.0433. The fourth-order valence-corrected chi connectivity index (χ4v) is 6.75. The average molecular weight is 618 g/mol. The van der Waals surface area contributed by atoms with Crippen LogP contribution in [-0.2, 0) is 25.6 Å². The van der Waals surface area contributed by atoms with Crippen LogP contribution in [0.1, 0.15) is 31.6 Å². The van der Waals surface area contributed by atoms with Gasteiger partial charge >= 0.3 is 0 Å². The number of anilines is 1. The number of nitrogens with zero attached hydrogens (tertiary/aromatic N) is 6. The van der Waals surface area contributed by atoms with Crippen LogP contribution in [-0.4, -0.2) is 107 Å². The van der Waals surface area contributed by atoms with E-state index in [0.29, 0.717) is 38.7 Å². The summed E-state index contributed by atoms with van der Waals surface area (Å²) in [4.78, 5) is 42.8. The molecule has 2 fully saturated rings. The molecule has 3 aromatic heterocycles. The molecule has 0 aliphatic carbocycles. The van der Waals surface area contributed by atoms with Crippen LogP contribution in [0.4, 0.5) is 5.82 Å². The van der Waals surface area contributed by atoms with Gasteiger partial charge in [0.25, 0.3) is 0 Å². The molecule has 2 aliphatic heterocycles. The summed E-state index contributed by atoms with van der Waals surface area (Å²) in [6.45, 7) is 10.9. The van der Waals surface area contributed by atoms with Crippen molar-refractivity contribution in [3.63, 3.8) is 0 Å². The number of nitrogens with one attached hydrogen (secondary N) is 1. The van der Waals surface area contributed by atoms with Crippen molar-refractivity contribution in [2.45, 2.75) is 39.3 Å². The quantitative estimate of drug-likeness (QED) is 0.249. The van der Waals surface area contributed by atoms with Crippen molar-refractivity contribution in [3.05, 3.63) is 47.5 Å². The van der Waals surface area contributed by atoms with Gasteiger partial charge in [0.15, 0.2) is 17.4 Å². The van der Waals surface area contributed by atoms with Crippen LogP contribution >= 0.6 is 11.3 Å². The van der Waals surface area contributed by atoms with Crippen LogP contribution in [0.25, 0.3) is 32.5 Å². The number of fused-ring (bicyclic) bond motifs is 2. The third-order valence-electron chi connectivity index (χ3n) is 7.96. The van der Waals surface area contributed by atoms with E-state index in [0.717, 1.165) is 65.2 Å². The van der Waals surface area contributed by atoms with Crippen LogP contribution in [0.5, 0.6) is 0 Å². The highest BCUT2D eigenvalue weighted by Gasteiger charge is 2.24. The van der Waals surface area contributed by atoms with Crippen LogP contribution in [0, 0.1) is 0 Å². The normalized spacial score (nSPS) is 16.6. The lowest BCUT2D eigenvalue weighted by molar-refractivity contribution is -0.134. The number of H-pyrrole nitrogens is 1. The summed E-state index contributed by atoms with van der Waals surface area (Å²) >= 11 is 1.75. The lowest BCUT2D eigenvalue weighted by Crippen LogP contribution is -2.48. The van der Waals surface area contributed by atoms with E-state index in [-0.39, 0.29) is 30.6 Å². The van der Waals surface area contributed by atoms with Crippen LogP contribution in [0.3, 0.4) is 0 Å². The number of thiophene rings is 1. The van der Waals surface area contributed by atoms with Gasteiger partial charge in [-0.05, 0) is 32.1 Å². The molecule has 4 aromatic rings. The summed E-state index contributed by atoms with van der Waals surface area (Å²) in [5.41, 5.74) is 2.86. The maximum absolute atomic E-state index is 12.8. The monoisotopic (exact) mass is 617 g/mol. The Labute approximate surface area is 260 Å². The molecule has 5 heterocycles. The Morgan fingerprint density at radius 2 is 1.91 bits per heavy atom. The Morgan fingerprint density at radius 1 is 1.09 bits per heavy atom. The van der Waals surface area contributed by atoms with Gasteiger partial charge in [-0.2, -0.15) is 5.10 Å². The number of allylic oxidation sites excluding steroid dienone is 1. The molecule has 0 spiro atoms. The first-order valence-electron chi connectivity index (χ1n) is 15.3. The van der Waals surface area contributed by atoms with E-state index in [1.165, 1.54) is 11.0 Å². The van der Waals surface area contributed by atoms with E-state index in [1.807, 2.05) is 43.1 Å². The first-order chi connectivity index (χ1) is 21.4. The molecule has 0 radical (unpaired) electrons. The lowest BCUT2D eigenvalue weighted by Gasteiger charge is -2.34. The number of rotatable bonds is 11. The average Bonchev–Trinajstić information content (AvgIpc) is 3.69. The molecular weight excluding hydrogens is 578 g/mol. The molecule has 6 rings (SSSR count). The Bertz CT molecular complexity index is 1630. The molecule has 1 aromatic carbocycles. The number of piperazine rings is 1. The summed E-state index contributed by atoms with van der Waals surface area (Å²) in [6, 6.07) is 8.24. The molecule has 0 atom stereocenters. The largest absolute Gasteiger partial charge is 0.378 e. The minimum absolute atomic E-state index is 0.0392. The predicted octanol–water partition coefficient (Wildman–Crippen LogP) is 4.05. The first kappa shape index (κ1) is 30.3. The second-order valence-corrected chi connectivity index (χ2v) is 12.6. The zero-order valence-electron chi connectivity index (χ0n) is 25.3. The minimum Gasteiger partial charge on any atom is -0.378 e. The van der Waals surface area contributed by atoms with Gasteiger partial charge in [-0.3, -0.25) is 19.6 Å². The van der Waals surface area contributed by atoms with Gasteiger partial charge < -0.3 is 19.3 Å². The van der Waals surface area contributed by atoms with Gasteiger partial charge in [0.2, 0.25) is 5.91 Å². The Kier molecular flexibility index (Phi) is 9.60. The molecule has 0 bridgehead atoms. The lowest BCUT2D eigenvalue weighted by atomic mass is 10.1. The van der Waals surface area contributed by atoms with E-state index < -0.39 is 0 Å². The number of carbonyl (C=O) groups is 2. The van der Waals surface area contributed by atoms with Crippen LogP contribution in [0.2, 0.25) is 0 Å². The molecule has 232 valence electrons. The van der Waals surface area contributed by atoms with Crippen molar-refractivity contribution in [1.29, 1.82) is 0 Å². The Balaban J connectivity index is 1.11. The number of carbonyl (C=O) groups excluding carboxylic acids is 2. The number of ketones is 1. The number of aromatic nitrogens is 4. The number of morpholine rings is 1. The number of benzene rings is 1. The molecule has 1 amide bonds. The molecule has 2 aliphatic rings. The third kappa shape index (κ3) is 7.15. The predicted molar refractivity (Wildman–Crippen MR) is 172 cm³/mol. The van der Waals surface area contributed by atoms with Crippen molar-refractivity contribution < 1.29 is 19.1 Å². The summed E-state index contributed by atoms with van der Waals surface area (Å²) in [6.07, 6.45) is 5.65. The van der Waals surface area contributed by atoms with E-state index in [9.17, 15) is 9.59 Å². The third-order valence-corrected chi connectivity index (χ3v) is 9.07. The molecule has 0 saturated carbocycles. The molecule has 0 unspecified atom stereocenters. The molecule has 11 nitrogen and oxygen atoms in total. The van der Waals surface area contributed by atoms with E-state index in [4.69, 9.17) is 19.4 Å². The first-order valence-corrected chi connectivity index (χ1v) is 16.1. The molecule has 44 heavy (non-hydrogen) atoms. The maximum atomic E-state index is 12.8. The topological polar surface area (TPSA) is 117 Å². The smallest absolute Gasteiger partial charge is 0.223 e. The van der Waals surface area contributed by atoms with Gasteiger partial charge in [-0.25, -0.2) is 9.97 Å². The number of hydrogen-bond donors (Lipinski definition) is 1. The zero-order chi connectivity index (χ0) is 30.5. The van der Waals surface area contributed by atoms with Gasteiger partial charge in [-0.15, -0.1) is 11.3 Å². The number of amides is 1. The highest BCUT2D eigenvalue weighted by atomic mass is 32.1. The number of hydrogen-bond acceptors (Lipinski definition) is 10. The van der Waals surface area contributed by atoms with Crippen molar-refractivity contribution in [1.82, 2.24) is 30.0 Å². The zero-order valence-corrected chi connectivity index (χ0v) is 26.1. The van der Waals surface area contributed by atoms with Crippen LogP contribution in [0.15, 0.2) is 42.6 Å². The van der Waals surface area contributed by atoms with Gasteiger partial charge in [0.1, 0.15) is 0 Å². The number of aromatic amines is 1. The Morgan fingerprint density at radius 3 is 2.70 bits per heavy atom. The Hall–Kier alpha value is -3.71. The second-order valence-electron chi connectivity index (χ2n) is 11.4. The molecule has 2 saturated heterocycles. The van der Waals surface area contributed by atoms with Crippen LogP contribution < -0.4 is 4.90 Å². The molecule has 1 N–H and O–H groups in total. The van der Waals surface area contributed by atoms with Crippen molar-refractivity contribution in [2.24, 2.45) is 0 Å². The standard InChI is InChI=1S/C32H39N7O4S/c1-22(2)43-16-4-5-23(40)8-9-29(41)38-12-10-37(11-13-38)21-24-19-28-30(44-24)32(39-14-17-42-18-15-39)35-31(34-28)25-6-3-7-27-26(25)20-33-36-27/h3-7,19-20,22H,8-18,21H2,1-2H3,(H,33,36)/b5-4+. The van der Waals surface area contributed by atoms with Gasteiger partial charge in [0.05, 0.1) is 47.9 Å². The molecule has 12 heteroatoms. The second kappa shape index (κ2) is 13.9. The fourth-order valence-electron chi connectivity index (χ4n) is 5.59. The van der Waals surface area contributed by atoms with E-state index in [1.54, 1.807) is 17.4 Å². The summed E-state index contributed by atoms with van der Waals surface area (Å²) in [5.74, 6) is 1.65. The highest BCUT2D eigenvalue weighted by Crippen LogP contribution is 2.36. The van der Waals surface area contributed by atoms with Gasteiger partial charge in [-0.1, -0.05) is 18.2 Å². The summed E-state index contributed by atoms with van der Waals surface area (Å²) in [7, 11) is 0. The fraction of sp³-hybridized carbons (Fsp3) is 0.469. The van der Waals surface area contributed by atoms with E-state index in [2.05, 4.69) is 26.1 Å². The van der Waals surface area contributed by atoms with Crippen molar-refractivity contribution >= 4 is 50.0 Å². The van der Waals surface area contributed by atoms with E-state index >= 15 is 0 Å². The summed E-state index contributed by atoms with van der Waals surface area (Å²) in [5, 5.41) is 8.27.